The van der Waals surface area contributed by atoms with E-state index in [9.17, 15) is 0 Å². The number of aromatic nitrogens is 1. The lowest BCUT2D eigenvalue weighted by molar-refractivity contribution is 0.347. The molecule has 1 saturated carbocycles. The zero-order valence-corrected chi connectivity index (χ0v) is 10.3. The van der Waals surface area contributed by atoms with Gasteiger partial charge in [-0.15, -0.1) is 0 Å². The van der Waals surface area contributed by atoms with Gasteiger partial charge in [-0.2, -0.15) is 5.26 Å². The number of nitriles is 1. The number of rotatable bonds is 3. The molecule has 0 saturated heterocycles. The molecule has 0 aliphatic heterocycles. The predicted molar refractivity (Wildman–Crippen MR) is 67.6 cm³/mol. The second-order valence-corrected chi connectivity index (χ2v) is 4.66. The number of hydrogen-bond acceptors (Lipinski definition) is 3. The van der Waals surface area contributed by atoms with Crippen molar-refractivity contribution in [3.8, 4) is 6.07 Å². The Labute approximate surface area is 103 Å². The van der Waals surface area contributed by atoms with Gasteiger partial charge in [-0.3, -0.25) is 0 Å². The fourth-order valence-electron chi connectivity index (χ4n) is 2.74. The lowest BCUT2D eigenvalue weighted by Crippen LogP contribution is -2.32. The maximum atomic E-state index is 9.06. The Balaban J connectivity index is 2.03. The van der Waals surface area contributed by atoms with E-state index in [4.69, 9.17) is 5.26 Å². The second kappa shape index (κ2) is 5.79. The molecule has 3 heteroatoms. The Hall–Kier alpha value is -1.40. The Morgan fingerprint density at radius 1 is 1.41 bits per heavy atom. The fraction of sp³-hybridized carbons (Fsp3) is 0.571. The highest BCUT2D eigenvalue weighted by Crippen LogP contribution is 2.33. The minimum atomic E-state index is 0.522. The molecule has 0 radical (unpaired) electrons. The molecule has 90 valence electrons. The SMILES string of the molecule is CCN[C@H]1CC[C@H](c2cccnc2C#N)CC1. The van der Waals surface area contributed by atoms with Gasteiger partial charge in [0.15, 0.2) is 0 Å². The molecular weight excluding hydrogens is 210 g/mol. The number of nitrogens with zero attached hydrogens (tertiary/aromatic N) is 2. The van der Waals surface area contributed by atoms with Crippen molar-refractivity contribution in [1.82, 2.24) is 10.3 Å². The summed E-state index contributed by atoms with van der Waals surface area (Å²) in [6.45, 7) is 3.20. The summed E-state index contributed by atoms with van der Waals surface area (Å²) in [4.78, 5) is 4.15. The van der Waals surface area contributed by atoms with Gasteiger partial charge >= 0.3 is 0 Å². The monoisotopic (exact) mass is 229 g/mol. The van der Waals surface area contributed by atoms with Crippen LogP contribution in [0.1, 0.15) is 49.8 Å². The van der Waals surface area contributed by atoms with Gasteiger partial charge in [-0.25, -0.2) is 4.98 Å². The van der Waals surface area contributed by atoms with Crippen LogP contribution < -0.4 is 5.32 Å². The zero-order chi connectivity index (χ0) is 12.1. The second-order valence-electron chi connectivity index (χ2n) is 4.66. The quantitative estimate of drug-likeness (QED) is 0.866. The molecule has 0 bridgehead atoms. The first-order valence-electron chi connectivity index (χ1n) is 6.43. The molecule has 1 heterocycles. The standard InChI is InChI=1S/C14H19N3/c1-2-16-12-7-5-11(6-8-12)13-4-3-9-17-14(13)10-15/h3-4,9,11-12,16H,2,5-8H2,1H3/t11-,12-. The summed E-state index contributed by atoms with van der Waals surface area (Å²) in [5, 5.41) is 12.6. The van der Waals surface area contributed by atoms with Crippen LogP contribution in [0.3, 0.4) is 0 Å². The Morgan fingerprint density at radius 3 is 2.82 bits per heavy atom. The molecule has 3 nitrogen and oxygen atoms in total. The highest BCUT2D eigenvalue weighted by Gasteiger charge is 2.23. The molecule has 1 fully saturated rings. The van der Waals surface area contributed by atoms with Gasteiger partial charge in [0.2, 0.25) is 0 Å². The highest BCUT2D eigenvalue weighted by molar-refractivity contribution is 5.33. The third kappa shape index (κ3) is 2.83. The van der Waals surface area contributed by atoms with Crippen LogP contribution in [0, 0.1) is 11.3 Å². The van der Waals surface area contributed by atoms with E-state index in [1.165, 1.54) is 12.8 Å². The first-order chi connectivity index (χ1) is 8.35. The molecule has 0 amide bonds. The van der Waals surface area contributed by atoms with Crippen molar-refractivity contribution >= 4 is 0 Å². The van der Waals surface area contributed by atoms with E-state index in [0.29, 0.717) is 17.7 Å². The van der Waals surface area contributed by atoms with Crippen molar-refractivity contribution < 1.29 is 0 Å². The number of hydrogen-bond donors (Lipinski definition) is 1. The molecule has 1 N–H and O–H groups in total. The summed E-state index contributed by atoms with van der Waals surface area (Å²) in [5.74, 6) is 0.522. The van der Waals surface area contributed by atoms with E-state index in [2.05, 4.69) is 29.4 Å². The van der Waals surface area contributed by atoms with Crippen molar-refractivity contribution in [3.05, 3.63) is 29.6 Å². The van der Waals surface area contributed by atoms with Crippen LogP contribution in [0.4, 0.5) is 0 Å². The molecule has 0 atom stereocenters. The third-order valence-electron chi connectivity index (χ3n) is 3.60. The topological polar surface area (TPSA) is 48.7 Å². The third-order valence-corrected chi connectivity index (χ3v) is 3.60. The largest absolute Gasteiger partial charge is 0.314 e. The van der Waals surface area contributed by atoms with Crippen LogP contribution in [0.15, 0.2) is 18.3 Å². The first-order valence-corrected chi connectivity index (χ1v) is 6.43. The van der Waals surface area contributed by atoms with Crippen LogP contribution in [0.25, 0.3) is 0 Å². The Kier molecular flexibility index (Phi) is 4.11. The van der Waals surface area contributed by atoms with Crippen molar-refractivity contribution in [2.75, 3.05) is 6.54 Å². The van der Waals surface area contributed by atoms with Crippen molar-refractivity contribution in [3.63, 3.8) is 0 Å². The smallest absolute Gasteiger partial charge is 0.143 e. The minimum Gasteiger partial charge on any atom is -0.314 e. The molecule has 0 aromatic carbocycles. The zero-order valence-electron chi connectivity index (χ0n) is 10.3. The Bertz CT molecular complexity index is 400. The molecule has 17 heavy (non-hydrogen) atoms. The van der Waals surface area contributed by atoms with Gasteiger partial charge in [-0.05, 0) is 49.8 Å². The molecule has 1 aromatic rings. The normalized spacial score (nSPS) is 24.2. The average molecular weight is 229 g/mol. The van der Waals surface area contributed by atoms with Gasteiger partial charge < -0.3 is 5.32 Å². The van der Waals surface area contributed by atoms with E-state index in [0.717, 1.165) is 24.9 Å². The van der Waals surface area contributed by atoms with E-state index in [-0.39, 0.29) is 0 Å². The van der Waals surface area contributed by atoms with Gasteiger partial charge in [0.05, 0.1) is 0 Å². The molecular formula is C14H19N3. The Morgan fingerprint density at radius 2 is 2.18 bits per heavy atom. The first kappa shape index (κ1) is 12.1. The van der Waals surface area contributed by atoms with Crippen LogP contribution in [-0.4, -0.2) is 17.6 Å². The van der Waals surface area contributed by atoms with Gasteiger partial charge in [0, 0.05) is 12.2 Å². The predicted octanol–water partition coefficient (Wildman–Crippen LogP) is 2.59. The fourth-order valence-corrected chi connectivity index (χ4v) is 2.74. The van der Waals surface area contributed by atoms with Gasteiger partial charge in [0.25, 0.3) is 0 Å². The summed E-state index contributed by atoms with van der Waals surface area (Å²) in [6, 6.07) is 6.86. The van der Waals surface area contributed by atoms with Gasteiger partial charge in [0.1, 0.15) is 11.8 Å². The van der Waals surface area contributed by atoms with Crippen LogP contribution in [0.5, 0.6) is 0 Å². The van der Waals surface area contributed by atoms with E-state index < -0.39 is 0 Å². The van der Waals surface area contributed by atoms with E-state index in [1.54, 1.807) is 6.20 Å². The summed E-state index contributed by atoms with van der Waals surface area (Å²) in [7, 11) is 0. The molecule has 1 aromatic heterocycles. The number of nitrogens with one attached hydrogen (secondary N) is 1. The molecule has 0 unspecified atom stereocenters. The molecule has 1 aliphatic carbocycles. The van der Waals surface area contributed by atoms with Gasteiger partial charge in [-0.1, -0.05) is 13.0 Å². The van der Waals surface area contributed by atoms with Crippen molar-refractivity contribution in [2.45, 2.75) is 44.6 Å². The van der Waals surface area contributed by atoms with Crippen molar-refractivity contribution in [1.29, 1.82) is 5.26 Å². The molecule has 2 rings (SSSR count). The molecule has 1 aliphatic rings. The van der Waals surface area contributed by atoms with Crippen LogP contribution >= 0.6 is 0 Å². The highest BCUT2D eigenvalue weighted by atomic mass is 14.9. The lowest BCUT2D eigenvalue weighted by atomic mass is 9.81. The van der Waals surface area contributed by atoms with E-state index in [1.807, 2.05) is 6.07 Å². The lowest BCUT2D eigenvalue weighted by Gasteiger charge is -2.29. The van der Waals surface area contributed by atoms with Crippen LogP contribution in [0.2, 0.25) is 0 Å². The maximum absolute atomic E-state index is 9.06. The van der Waals surface area contributed by atoms with Crippen LogP contribution in [-0.2, 0) is 0 Å². The number of pyridine rings is 1. The van der Waals surface area contributed by atoms with E-state index >= 15 is 0 Å². The summed E-state index contributed by atoms with van der Waals surface area (Å²) in [5.41, 5.74) is 1.75. The molecule has 0 spiro atoms. The maximum Gasteiger partial charge on any atom is 0.143 e. The van der Waals surface area contributed by atoms with Crippen molar-refractivity contribution in [2.24, 2.45) is 0 Å². The summed E-state index contributed by atoms with van der Waals surface area (Å²) >= 11 is 0. The minimum absolute atomic E-state index is 0.522. The summed E-state index contributed by atoms with van der Waals surface area (Å²) in [6.07, 6.45) is 6.44. The average Bonchev–Trinajstić information content (AvgIpc) is 2.40. The summed E-state index contributed by atoms with van der Waals surface area (Å²) < 4.78 is 0.